The van der Waals surface area contributed by atoms with Crippen LogP contribution in [-0.2, 0) is 0 Å². The van der Waals surface area contributed by atoms with Gasteiger partial charge in [-0.3, -0.25) is 4.90 Å². The predicted octanol–water partition coefficient (Wildman–Crippen LogP) is 4.47. The molecule has 0 radical (unpaired) electrons. The Morgan fingerprint density at radius 3 is 2.06 bits per heavy atom. The Balaban J connectivity index is 2.70. The summed E-state index contributed by atoms with van der Waals surface area (Å²) in [5.41, 5.74) is 0.988. The van der Waals surface area contributed by atoms with Crippen molar-refractivity contribution in [3.63, 3.8) is 0 Å². The maximum Gasteiger partial charge on any atom is 0.0125 e. The smallest absolute Gasteiger partial charge is 0.0125 e. The van der Waals surface area contributed by atoms with E-state index in [1.165, 1.54) is 51.6 Å². The highest BCUT2D eigenvalue weighted by Crippen LogP contribution is 2.40. The van der Waals surface area contributed by atoms with E-state index in [0.29, 0.717) is 11.0 Å². The van der Waals surface area contributed by atoms with Crippen LogP contribution in [0.4, 0.5) is 0 Å². The largest absolute Gasteiger partial charge is 0.298 e. The molecule has 0 aromatic carbocycles. The summed E-state index contributed by atoms with van der Waals surface area (Å²) in [7, 11) is 0. The number of piperidine rings is 1. The third-order valence-corrected chi connectivity index (χ3v) is 4.17. The second kappa shape index (κ2) is 5.53. The molecule has 1 aliphatic heterocycles. The number of rotatable bonds is 4. The monoisotopic (exact) mass is 225 g/mol. The van der Waals surface area contributed by atoms with E-state index in [1.807, 2.05) is 0 Å². The van der Waals surface area contributed by atoms with Crippen molar-refractivity contribution in [2.45, 2.75) is 78.7 Å². The molecule has 1 fully saturated rings. The fourth-order valence-corrected chi connectivity index (χ4v) is 3.37. The summed E-state index contributed by atoms with van der Waals surface area (Å²) < 4.78 is 0. The normalized spacial score (nSPS) is 22.3. The highest BCUT2D eigenvalue weighted by molar-refractivity contribution is 4.91. The first-order valence-corrected chi connectivity index (χ1v) is 7.18. The Labute approximate surface area is 103 Å². The fraction of sp³-hybridized carbons (Fsp3) is 1.00. The molecule has 16 heavy (non-hydrogen) atoms. The SMILES string of the molecule is CCCC1(CCC)CCCN(C(C)(C)C)C1. The van der Waals surface area contributed by atoms with E-state index >= 15 is 0 Å². The molecule has 0 aliphatic carbocycles. The van der Waals surface area contributed by atoms with Gasteiger partial charge in [0.25, 0.3) is 0 Å². The summed E-state index contributed by atoms with van der Waals surface area (Å²) in [6, 6.07) is 0. The highest BCUT2D eigenvalue weighted by atomic mass is 15.2. The number of hydrogen-bond acceptors (Lipinski definition) is 1. The molecule has 0 amide bonds. The third kappa shape index (κ3) is 3.48. The molecule has 1 rings (SSSR count). The van der Waals surface area contributed by atoms with Gasteiger partial charge in [-0.2, -0.15) is 0 Å². The van der Waals surface area contributed by atoms with Crippen LogP contribution in [0.3, 0.4) is 0 Å². The van der Waals surface area contributed by atoms with Crippen LogP contribution in [0.15, 0.2) is 0 Å². The first-order chi connectivity index (χ1) is 7.43. The van der Waals surface area contributed by atoms with Crippen LogP contribution in [0.2, 0.25) is 0 Å². The van der Waals surface area contributed by atoms with Gasteiger partial charge in [-0.05, 0) is 58.4 Å². The van der Waals surface area contributed by atoms with Crippen molar-refractivity contribution in [2.24, 2.45) is 5.41 Å². The molecule has 0 bridgehead atoms. The Kier molecular flexibility index (Phi) is 4.85. The van der Waals surface area contributed by atoms with E-state index in [-0.39, 0.29) is 0 Å². The van der Waals surface area contributed by atoms with Crippen molar-refractivity contribution in [1.82, 2.24) is 4.90 Å². The summed E-state index contributed by atoms with van der Waals surface area (Å²) >= 11 is 0. The van der Waals surface area contributed by atoms with Gasteiger partial charge in [0, 0.05) is 12.1 Å². The van der Waals surface area contributed by atoms with Gasteiger partial charge in [-0.15, -0.1) is 0 Å². The molecule has 0 unspecified atom stereocenters. The number of nitrogens with zero attached hydrogens (tertiary/aromatic N) is 1. The Bertz CT molecular complexity index is 190. The predicted molar refractivity (Wildman–Crippen MR) is 72.8 cm³/mol. The second-order valence-electron chi connectivity index (χ2n) is 6.70. The van der Waals surface area contributed by atoms with Crippen LogP contribution in [-0.4, -0.2) is 23.5 Å². The molecule has 0 spiro atoms. The van der Waals surface area contributed by atoms with Gasteiger partial charge in [-0.1, -0.05) is 26.7 Å². The molecule has 1 nitrogen and oxygen atoms in total. The lowest BCUT2D eigenvalue weighted by molar-refractivity contribution is 0.0143. The zero-order chi connectivity index (χ0) is 12.2. The van der Waals surface area contributed by atoms with Gasteiger partial charge in [0.1, 0.15) is 0 Å². The third-order valence-electron chi connectivity index (χ3n) is 4.17. The lowest BCUT2D eigenvalue weighted by atomic mass is 9.72. The molecule has 1 heterocycles. The Morgan fingerprint density at radius 1 is 1.06 bits per heavy atom. The average Bonchev–Trinajstić information content (AvgIpc) is 2.17. The van der Waals surface area contributed by atoms with Crippen molar-refractivity contribution in [3.8, 4) is 0 Å². The maximum absolute atomic E-state index is 2.71. The first-order valence-electron chi connectivity index (χ1n) is 7.18. The summed E-state index contributed by atoms with van der Waals surface area (Å²) in [6.45, 7) is 14.4. The molecule has 1 saturated heterocycles. The van der Waals surface area contributed by atoms with Gasteiger partial charge >= 0.3 is 0 Å². The van der Waals surface area contributed by atoms with Crippen LogP contribution in [0.1, 0.15) is 73.1 Å². The minimum absolute atomic E-state index is 0.354. The number of hydrogen-bond donors (Lipinski definition) is 0. The molecule has 0 saturated carbocycles. The summed E-state index contributed by atoms with van der Waals surface area (Å²) in [5.74, 6) is 0. The maximum atomic E-state index is 2.71. The molecule has 1 heteroatoms. The van der Waals surface area contributed by atoms with Crippen LogP contribution in [0.25, 0.3) is 0 Å². The average molecular weight is 225 g/mol. The summed E-state index contributed by atoms with van der Waals surface area (Å²) in [6.07, 6.45) is 8.40. The highest BCUT2D eigenvalue weighted by Gasteiger charge is 2.37. The van der Waals surface area contributed by atoms with Gasteiger partial charge < -0.3 is 0 Å². The van der Waals surface area contributed by atoms with Crippen molar-refractivity contribution >= 4 is 0 Å². The van der Waals surface area contributed by atoms with Gasteiger partial charge in [-0.25, -0.2) is 0 Å². The lowest BCUT2D eigenvalue weighted by Gasteiger charge is -2.48. The minimum atomic E-state index is 0.354. The molecule has 96 valence electrons. The fourth-order valence-electron chi connectivity index (χ4n) is 3.37. The summed E-state index contributed by atoms with van der Waals surface area (Å²) in [4.78, 5) is 2.71. The van der Waals surface area contributed by atoms with Crippen molar-refractivity contribution < 1.29 is 0 Å². The van der Waals surface area contributed by atoms with Gasteiger partial charge in [0.2, 0.25) is 0 Å². The van der Waals surface area contributed by atoms with E-state index in [1.54, 1.807) is 0 Å². The zero-order valence-electron chi connectivity index (χ0n) is 12.1. The molecule has 0 N–H and O–H groups in total. The van der Waals surface area contributed by atoms with Gasteiger partial charge in [0.05, 0.1) is 0 Å². The molecule has 0 atom stereocenters. The number of likely N-dealkylation sites (tertiary alicyclic amines) is 1. The lowest BCUT2D eigenvalue weighted by Crippen LogP contribution is -2.51. The summed E-state index contributed by atoms with van der Waals surface area (Å²) in [5, 5.41) is 0. The van der Waals surface area contributed by atoms with Crippen molar-refractivity contribution in [1.29, 1.82) is 0 Å². The molecule has 0 aromatic heterocycles. The molecule has 0 aromatic rings. The first kappa shape index (κ1) is 14.0. The molecular formula is C15H31N. The molecule has 1 aliphatic rings. The second-order valence-corrected chi connectivity index (χ2v) is 6.70. The van der Waals surface area contributed by atoms with Crippen molar-refractivity contribution in [3.05, 3.63) is 0 Å². The van der Waals surface area contributed by atoms with Crippen LogP contribution in [0, 0.1) is 5.41 Å². The van der Waals surface area contributed by atoms with Crippen LogP contribution >= 0.6 is 0 Å². The Morgan fingerprint density at radius 2 is 1.62 bits per heavy atom. The quantitative estimate of drug-likeness (QED) is 0.682. The van der Waals surface area contributed by atoms with Crippen LogP contribution in [0.5, 0.6) is 0 Å². The van der Waals surface area contributed by atoms with E-state index in [2.05, 4.69) is 39.5 Å². The van der Waals surface area contributed by atoms with Crippen LogP contribution < -0.4 is 0 Å². The van der Waals surface area contributed by atoms with E-state index < -0.39 is 0 Å². The standard InChI is InChI=1S/C15H31N/c1-6-9-15(10-7-2)11-8-12-16(13-15)14(3,4)5/h6-13H2,1-5H3. The topological polar surface area (TPSA) is 3.24 Å². The van der Waals surface area contributed by atoms with Crippen molar-refractivity contribution in [2.75, 3.05) is 13.1 Å². The Hall–Kier alpha value is -0.0400. The van der Waals surface area contributed by atoms with Gasteiger partial charge in [0.15, 0.2) is 0 Å². The van der Waals surface area contributed by atoms with E-state index in [0.717, 1.165) is 0 Å². The molecular weight excluding hydrogens is 194 g/mol. The zero-order valence-corrected chi connectivity index (χ0v) is 12.1. The van der Waals surface area contributed by atoms with E-state index in [4.69, 9.17) is 0 Å². The minimum Gasteiger partial charge on any atom is -0.298 e. The van der Waals surface area contributed by atoms with E-state index in [9.17, 15) is 0 Å².